The molecule has 1 aliphatic heterocycles. The van der Waals surface area contributed by atoms with Crippen LogP contribution in [0.3, 0.4) is 0 Å². The van der Waals surface area contributed by atoms with Gasteiger partial charge >= 0.3 is 0 Å². The maximum absolute atomic E-state index is 12.8. The van der Waals surface area contributed by atoms with Crippen LogP contribution < -0.4 is 4.74 Å². The van der Waals surface area contributed by atoms with Crippen molar-refractivity contribution in [3.8, 4) is 5.75 Å². The van der Waals surface area contributed by atoms with E-state index in [1.165, 1.54) is 6.42 Å². The summed E-state index contributed by atoms with van der Waals surface area (Å²) < 4.78 is 11.6. The Bertz CT molecular complexity index is 517. The van der Waals surface area contributed by atoms with Crippen molar-refractivity contribution < 1.29 is 14.3 Å². The second-order valence-corrected chi connectivity index (χ2v) is 6.63. The van der Waals surface area contributed by atoms with Crippen LogP contribution in [0, 0.1) is 5.92 Å². The largest absolute Gasteiger partial charge is 0.491 e. The SMILES string of the molecule is CC(C)Oc1cccc(C(=O)C2CCOC3(CCC3)C2)c1. The fraction of sp³-hybridized carbons (Fsp3) is 0.611. The third-order valence-electron chi connectivity index (χ3n) is 4.62. The van der Waals surface area contributed by atoms with Crippen molar-refractivity contribution in [3.63, 3.8) is 0 Å². The van der Waals surface area contributed by atoms with Gasteiger partial charge in [-0.3, -0.25) is 4.79 Å². The quantitative estimate of drug-likeness (QED) is 0.785. The molecule has 1 aromatic carbocycles. The maximum Gasteiger partial charge on any atom is 0.166 e. The van der Waals surface area contributed by atoms with Crippen molar-refractivity contribution in [1.82, 2.24) is 0 Å². The molecule has 1 unspecified atom stereocenters. The van der Waals surface area contributed by atoms with Gasteiger partial charge in [0.1, 0.15) is 5.75 Å². The highest BCUT2D eigenvalue weighted by Gasteiger charge is 2.44. The molecule has 0 amide bonds. The molecule has 114 valence electrons. The fourth-order valence-electron chi connectivity index (χ4n) is 3.40. The summed E-state index contributed by atoms with van der Waals surface area (Å²) in [5.41, 5.74) is 0.791. The lowest BCUT2D eigenvalue weighted by molar-refractivity contribution is -0.137. The lowest BCUT2D eigenvalue weighted by Gasteiger charge is -2.46. The monoisotopic (exact) mass is 288 g/mol. The third kappa shape index (κ3) is 3.13. The predicted molar refractivity (Wildman–Crippen MR) is 81.8 cm³/mol. The van der Waals surface area contributed by atoms with Crippen LogP contribution in [0.5, 0.6) is 5.75 Å². The van der Waals surface area contributed by atoms with Gasteiger partial charge in [0.25, 0.3) is 0 Å². The molecule has 3 heteroatoms. The molecule has 0 bridgehead atoms. The summed E-state index contributed by atoms with van der Waals surface area (Å²) in [6, 6.07) is 7.60. The molecule has 0 N–H and O–H groups in total. The first-order valence-corrected chi connectivity index (χ1v) is 8.03. The molecule has 0 radical (unpaired) electrons. The van der Waals surface area contributed by atoms with Crippen LogP contribution in [0.25, 0.3) is 0 Å². The minimum absolute atomic E-state index is 0.0185. The molecule has 2 aliphatic rings. The Morgan fingerprint density at radius 2 is 2.19 bits per heavy atom. The van der Waals surface area contributed by atoms with E-state index in [2.05, 4.69) is 0 Å². The minimum Gasteiger partial charge on any atom is -0.491 e. The molecule has 1 saturated carbocycles. The Kier molecular flexibility index (Phi) is 4.03. The van der Waals surface area contributed by atoms with Crippen LogP contribution in [0.1, 0.15) is 56.3 Å². The van der Waals surface area contributed by atoms with Gasteiger partial charge in [0.2, 0.25) is 0 Å². The van der Waals surface area contributed by atoms with Crippen LogP contribution in [-0.4, -0.2) is 24.1 Å². The van der Waals surface area contributed by atoms with Gasteiger partial charge in [-0.05, 0) is 58.1 Å². The van der Waals surface area contributed by atoms with E-state index in [0.717, 1.165) is 43.6 Å². The van der Waals surface area contributed by atoms with Crippen molar-refractivity contribution >= 4 is 5.78 Å². The average Bonchev–Trinajstić information content (AvgIpc) is 2.44. The van der Waals surface area contributed by atoms with Gasteiger partial charge in [0.05, 0.1) is 11.7 Å². The first-order chi connectivity index (χ1) is 10.1. The van der Waals surface area contributed by atoms with Crippen molar-refractivity contribution in [1.29, 1.82) is 0 Å². The van der Waals surface area contributed by atoms with Crippen molar-refractivity contribution in [2.75, 3.05) is 6.61 Å². The number of benzene rings is 1. The Hall–Kier alpha value is -1.35. The first-order valence-electron chi connectivity index (χ1n) is 8.03. The summed E-state index contributed by atoms with van der Waals surface area (Å²) in [6.45, 7) is 4.71. The highest BCUT2D eigenvalue weighted by molar-refractivity contribution is 5.98. The van der Waals surface area contributed by atoms with E-state index in [4.69, 9.17) is 9.47 Å². The summed E-state index contributed by atoms with van der Waals surface area (Å²) in [4.78, 5) is 12.8. The zero-order valence-electron chi connectivity index (χ0n) is 12.9. The van der Waals surface area contributed by atoms with Gasteiger partial charge in [-0.1, -0.05) is 12.1 Å². The summed E-state index contributed by atoms with van der Waals surface area (Å²) in [5.74, 6) is 1.13. The molecule has 3 rings (SSSR count). The van der Waals surface area contributed by atoms with Crippen LogP contribution in [0.15, 0.2) is 24.3 Å². The lowest BCUT2D eigenvalue weighted by Crippen LogP contribution is -2.47. The number of hydrogen-bond donors (Lipinski definition) is 0. The molecular weight excluding hydrogens is 264 g/mol. The van der Waals surface area contributed by atoms with E-state index in [1.54, 1.807) is 0 Å². The predicted octanol–water partition coefficient (Wildman–Crippen LogP) is 4.01. The minimum atomic E-state index is 0.0185. The molecule has 21 heavy (non-hydrogen) atoms. The van der Waals surface area contributed by atoms with E-state index in [0.29, 0.717) is 0 Å². The number of ketones is 1. The molecule has 1 heterocycles. The number of ether oxygens (including phenoxy) is 2. The zero-order chi connectivity index (χ0) is 14.9. The molecule has 1 atom stereocenters. The summed E-state index contributed by atoms with van der Waals surface area (Å²) in [5, 5.41) is 0. The second-order valence-electron chi connectivity index (χ2n) is 6.63. The van der Waals surface area contributed by atoms with E-state index in [1.807, 2.05) is 38.1 Å². The zero-order valence-corrected chi connectivity index (χ0v) is 12.9. The molecule has 0 aromatic heterocycles. The van der Waals surface area contributed by atoms with Crippen LogP contribution in [0.2, 0.25) is 0 Å². The van der Waals surface area contributed by atoms with Crippen LogP contribution in [0.4, 0.5) is 0 Å². The van der Waals surface area contributed by atoms with Crippen LogP contribution in [-0.2, 0) is 4.74 Å². The summed E-state index contributed by atoms with van der Waals surface area (Å²) in [6.07, 6.45) is 5.33. The Balaban J connectivity index is 1.72. The van der Waals surface area contributed by atoms with Gasteiger partial charge in [0.15, 0.2) is 5.78 Å². The van der Waals surface area contributed by atoms with Crippen molar-refractivity contribution in [2.45, 2.75) is 57.7 Å². The standard InChI is InChI=1S/C18H24O3/c1-13(2)21-16-6-3-5-14(11-16)17(19)15-7-10-20-18(12-15)8-4-9-18/h3,5-6,11,13,15H,4,7-10,12H2,1-2H3. The van der Waals surface area contributed by atoms with Crippen LogP contribution >= 0.6 is 0 Å². The number of hydrogen-bond acceptors (Lipinski definition) is 3. The van der Waals surface area contributed by atoms with Crippen molar-refractivity contribution in [2.24, 2.45) is 5.92 Å². The molecule has 1 saturated heterocycles. The fourth-order valence-corrected chi connectivity index (χ4v) is 3.40. The summed E-state index contributed by atoms with van der Waals surface area (Å²) >= 11 is 0. The molecule has 1 aliphatic carbocycles. The Labute approximate surface area is 126 Å². The van der Waals surface area contributed by atoms with Crippen molar-refractivity contribution in [3.05, 3.63) is 29.8 Å². The number of carbonyl (C=O) groups is 1. The topological polar surface area (TPSA) is 35.5 Å². The third-order valence-corrected chi connectivity index (χ3v) is 4.62. The van der Waals surface area contributed by atoms with E-state index in [9.17, 15) is 4.79 Å². The van der Waals surface area contributed by atoms with E-state index in [-0.39, 0.29) is 23.4 Å². The molecule has 1 spiro atoms. The molecule has 2 fully saturated rings. The smallest absolute Gasteiger partial charge is 0.166 e. The maximum atomic E-state index is 12.8. The normalized spacial score (nSPS) is 23.9. The van der Waals surface area contributed by atoms with Gasteiger partial charge in [0, 0.05) is 18.1 Å². The highest BCUT2D eigenvalue weighted by atomic mass is 16.5. The highest BCUT2D eigenvalue weighted by Crippen LogP contribution is 2.44. The van der Waals surface area contributed by atoms with Gasteiger partial charge in [-0.15, -0.1) is 0 Å². The van der Waals surface area contributed by atoms with E-state index < -0.39 is 0 Å². The lowest BCUT2D eigenvalue weighted by atomic mass is 9.70. The Morgan fingerprint density at radius 1 is 1.38 bits per heavy atom. The van der Waals surface area contributed by atoms with E-state index >= 15 is 0 Å². The molecule has 3 nitrogen and oxygen atoms in total. The van der Waals surface area contributed by atoms with Gasteiger partial charge < -0.3 is 9.47 Å². The number of Topliss-reactive ketones (excluding diaryl/α,β-unsaturated/α-hetero) is 1. The number of rotatable bonds is 4. The number of carbonyl (C=O) groups excluding carboxylic acids is 1. The average molecular weight is 288 g/mol. The van der Waals surface area contributed by atoms with Gasteiger partial charge in [-0.25, -0.2) is 0 Å². The van der Waals surface area contributed by atoms with Gasteiger partial charge in [-0.2, -0.15) is 0 Å². The second kappa shape index (κ2) is 5.80. The molecule has 1 aromatic rings. The summed E-state index contributed by atoms with van der Waals surface area (Å²) in [7, 11) is 0. The first kappa shape index (κ1) is 14.6. The molecular formula is C18H24O3. The Morgan fingerprint density at radius 3 is 2.86 bits per heavy atom.